The number of nitrogens with zero attached hydrogens (tertiary/aromatic N) is 4. The minimum Gasteiger partial charge on any atom is -0.478 e. The van der Waals surface area contributed by atoms with Gasteiger partial charge in [0, 0.05) is 23.8 Å². The van der Waals surface area contributed by atoms with Crippen molar-refractivity contribution in [2.75, 3.05) is 5.32 Å². The van der Waals surface area contributed by atoms with E-state index in [1.54, 1.807) is 37.4 Å². The highest BCUT2D eigenvalue weighted by atomic mass is 32.1. The van der Waals surface area contributed by atoms with Crippen molar-refractivity contribution in [2.24, 2.45) is 0 Å². The predicted octanol–water partition coefficient (Wildman–Crippen LogP) is 4.95. The Labute approximate surface area is 206 Å². The summed E-state index contributed by atoms with van der Waals surface area (Å²) in [6, 6.07) is 8.73. The van der Waals surface area contributed by atoms with Crippen LogP contribution in [-0.2, 0) is 18.2 Å². The first kappa shape index (κ1) is 23.8. The smallest absolute Gasteiger partial charge is 0.433 e. The fraction of sp³-hybridized carbons (Fsp3) is 0.208. The molecule has 0 radical (unpaired) electrons. The first-order valence-electron chi connectivity index (χ1n) is 10.7. The molecule has 5 rings (SSSR count). The van der Waals surface area contributed by atoms with Gasteiger partial charge in [0.1, 0.15) is 16.3 Å². The first-order chi connectivity index (χ1) is 17.0. The molecule has 0 bridgehead atoms. The number of fused-ring (bicyclic) bond motifs is 1. The zero-order valence-corrected chi connectivity index (χ0v) is 19.5. The van der Waals surface area contributed by atoms with Crippen LogP contribution in [0.25, 0.3) is 10.6 Å². The monoisotopic (exact) mass is 513 g/mol. The van der Waals surface area contributed by atoms with Gasteiger partial charge >= 0.3 is 12.1 Å². The summed E-state index contributed by atoms with van der Waals surface area (Å²) in [5.74, 6) is -1.24. The number of aromatic carboxylic acids is 1. The molecule has 1 aliphatic carbocycles. The number of thiazole rings is 1. The summed E-state index contributed by atoms with van der Waals surface area (Å²) >= 11 is 1.24. The summed E-state index contributed by atoms with van der Waals surface area (Å²) in [5.41, 5.74) is 0.680. The number of pyridine rings is 1. The van der Waals surface area contributed by atoms with E-state index in [0.717, 1.165) is 17.8 Å². The summed E-state index contributed by atoms with van der Waals surface area (Å²) in [7, 11) is 0. The third kappa shape index (κ3) is 4.40. The molecule has 36 heavy (non-hydrogen) atoms. The van der Waals surface area contributed by atoms with E-state index in [0.29, 0.717) is 45.4 Å². The Hall–Kier alpha value is -3.90. The van der Waals surface area contributed by atoms with Crippen LogP contribution >= 0.6 is 11.3 Å². The molecule has 3 N–H and O–H groups in total. The number of aryl methyl sites for hydroxylation is 2. The van der Waals surface area contributed by atoms with Crippen molar-refractivity contribution in [1.82, 2.24) is 19.9 Å². The van der Waals surface area contributed by atoms with Gasteiger partial charge in [-0.05, 0) is 61.2 Å². The molecular weight excluding hydrogens is 495 g/mol. The quantitative estimate of drug-likeness (QED) is 0.343. The lowest BCUT2D eigenvalue weighted by Gasteiger charge is -2.21. The lowest BCUT2D eigenvalue weighted by Crippen LogP contribution is -2.23. The number of anilines is 2. The van der Waals surface area contributed by atoms with Crippen molar-refractivity contribution in [2.45, 2.75) is 31.5 Å². The Morgan fingerprint density at radius 1 is 1.14 bits per heavy atom. The zero-order chi connectivity index (χ0) is 25.7. The number of carbonyl (C=O) groups is 1. The Bertz CT molecular complexity index is 1490. The van der Waals surface area contributed by atoms with E-state index < -0.39 is 23.4 Å². The molecule has 3 aromatic heterocycles. The number of carboxylic acids is 1. The van der Waals surface area contributed by atoms with Crippen LogP contribution in [-0.4, -0.2) is 36.1 Å². The van der Waals surface area contributed by atoms with E-state index >= 15 is 0 Å². The number of hydrogen-bond donors (Lipinski definition) is 3. The maximum atomic E-state index is 13.0. The van der Waals surface area contributed by atoms with Crippen LogP contribution in [0, 0.1) is 6.92 Å². The molecule has 0 spiro atoms. The molecule has 0 saturated carbocycles. The second-order valence-electron chi connectivity index (χ2n) is 8.34. The van der Waals surface area contributed by atoms with E-state index in [4.69, 9.17) is 0 Å². The first-order valence-corrected chi connectivity index (χ1v) is 11.6. The molecule has 0 fully saturated rings. The zero-order valence-electron chi connectivity index (χ0n) is 18.7. The van der Waals surface area contributed by atoms with E-state index in [-0.39, 0.29) is 11.5 Å². The van der Waals surface area contributed by atoms with Crippen molar-refractivity contribution in [3.8, 4) is 10.6 Å². The molecule has 0 aliphatic heterocycles. The number of carboxylic acid groups (broad SMARTS) is 1. The van der Waals surface area contributed by atoms with Crippen LogP contribution in [0.2, 0.25) is 0 Å². The topological polar surface area (TPSA) is 121 Å². The van der Waals surface area contributed by atoms with Gasteiger partial charge in [-0.25, -0.2) is 19.7 Å². The second-order valence-corrected chi connectivity index (χ2v) is 9.37. The van der Waals surface area contributed by atoms with Crippen LogP contribution < -0.4 is 5.32 Å². The molecule has 1 aromatic carbocycles. The van der Waals surface area contributed by atoms with Crippen LogP contribution in [0.5, 0.6) is 0 Å². The molecule has 3 heterocycles. The number of aliphatic hydroxyl groups is 1. The highest BCUT2D eigenvalue weighted by molar-refractivity contribution is 7.15. The normalized spacial score (nSPS) is 17.1. The van der Waals surface area contributed by atoms with E-state index in [9.17, 15) is 28.2 Å². The van der Waals surface area contributed by atoms with Gasteiger partial charge in [0.05, 0.1) is 16.1 Å². The fourth-order valence-electron chi connectivity index (χ4n) is 4.17. The van der Waals surface area contributed by atoms with Crippen molar-refractivity contribution < 1.29 is 28.2 Å². The fourth-order valence-corrected chi connectivity index (χ4v) is 5.18. The summed E-state index contributed by atoms with van der Waals surface area (Å²) in [6.45, 7) is 1.74. The van der Waals surface area contributed by atoms with Crippen LogP contribution in [0.1, 0.15) is 44.3 Å². The van der Waals surface area contributed by atoms with Crippen molar-refractivity contribution in [3.05, 3.63) is 81.9 Å². The average molecular weight is 514 g/mol. The molecule has 1 aliphatic rings. The van der Waals surface area contributed by atoms with E-state index in [1.165, 1.54) is 17.4 Å². The maximum absolute atomic E-state index is 13.0. The van der Waals surface area contributed by atoms with Crippen LogP contribution in [0.15, 0.2) is 48.8 Å². The van der Waals surface area contributed by atoms with Crippen molar-refractivity contribution >= 4 is 28.9 Å². The van der Waals surface area contributed by atoms with Gasteiger partial charge in [-0.3, -0.25) is 4.98 Å². The number of benzene rings is 1. The summed E-state index contributed by atoms with van der Waals surface area (Å²) < 4.78 is 39.0. The van der Waals surface area contributed by atoms with Gasteiger partial charge in [0.15, 0.2) is 0 Å². The highest BCUT2D eigenvalue weighted by Crippen LogP contribution is 2.45. The van der Waals surface area contributed by atoms with Gasteiger partial charge in [-0.2, -0.15) is 13.2 Å². The van der Waals surface area contributed by atoms with Gasteiger partial charge in [-0.1, -0.05) is 6.07 Å². The van der Waals surface area contributed by atoms with E-state index in [1.807, 2.05) is 0 Å². The summed E-state index contributed by atoms with van der Waals surface area (Å²) in [5, 5.41) is 23.9. The number of hydrogen-bond acceptors (Lipinski definition) is 8. The molecule has 0 saturated heterocycles. The average Bonchev–Trinajstić information content (AvgIpc) is 3.44. The Morgan fingerprint density at radius 2 is 1.94 bits per heavy atom. The van der Waals surface area contributed by atoms with Gasteiger partial charge < -0.3 is 15.5 Å². The molecule has 0 amide bonds. The minimum absolute atomic E-state index is 0.159. The number of rotatable bonds is 5. The maximum Gasteiger partial charge on any atom is 0.433 e. The number of alkyl halides is 3. The van der Waals surface area contributed by atoms with Gasteiger partial charge in [-0.15, -0.1) is 11.3 Å². The molecule has 0 unspecified atom stereocenters. The van der Waals surface area contributed by atoms with Crippen LogP contribution in [0.4, 0.5) is 24.8 Å². The summed E-state index contributed by atoms with van der Waals surface area (Å²) in [4.78, 5) is 28.2. The molecule has 184 valence electrons. The number of nitrogens with one attached hydrogen (secondary N) is 1. The lowest BCUT2D eigenvalue weighted by molar-refractivity contribution is -0.141. The Morgan fingerprint density at radius 3 is 2.69 bits per heavy atom. The molecule has 12 heteroatoms. The highest BCUT2D eigenvalue weighted by Gasteiger charge is 2.41. The van der Waals surface area contributed by atoms with Crippen molar-refractivity contribution in [3.63, 3.8) is 0 Å². The molecule has 4 aromatic rings. The molecule has 8 nitrogen and oxygen atoms in total. The van der Waals surface area contributed by atoms with Crippen molar-refractivity contribution in [1.29, 1.82) is 0 Å². The van der Waals surface area contributed by atoms with Crippen LogP contribution in [0.3, 0.4) is 0 Å². The number of halogens is 3. The van der Waals surface area contributed by atoms with E-state index in [2.05, 4.69) is 25.3 Å². The van der Waals surface area contributed by atoms with Gasteiger partial charge in [0.2, 0.25) is 5.95 Å². The Balaban J connectivity index is 1.44. The number of aromatic nitrogens is 4. The standard InChI is InChI=1S/C24H18F3N5O3S/c1-12-8-15(31-22-28-7-5-19(32-22)24(25,26)27)10-17(30-12)18-11-29-21(36-18)23(35)6-4-13-9-14(20(33)34)2-3-16(13)23/h2-3,5,7-11,35H,4,6H2,1H3,(H,33,34)(H,28,30,31,32)/t23-/m1/s1. The third-order valence-electron chi connectivity index (χ3n) is 5.82. The Kier molecular flexibility index (Phi) is 5.72. The second kappa shape index (κ2) is 8.64. The summed E-state index contributed by atoms with van der Waals surface area (Å²) in [6.07, 6.45) is -1.11. The third-order valence-corrected chi connectivity index (χ3v) is 6.99. The molecular formula is C24H18F3N5O3S. The SMILES string of the molecule is Cc1cc(Nc2nccc(C(F)(F)F)n2)cc(-c2cnc([C@@]3(O)CCc4cc(C(=O)O)ccc43)s2)n1. The lowest BCUT2D eigenvalue weighted by atomic mass is 9.96. The minimum atomic E-state index is -4.59. The van der Waals surface area contributed by atoms with Gasteiger partial charge in [0.25, 0.3) is 0 Å². The largest absolute Gasteiger partial charge is 0.478 e. The molecule has 1 atom stereocenters. The predicted molar refractivity (Wildman–Crippen MR) is 125 cm³/mol.